The summed E-state index contributed by atoms with van der Waals surface area (Å²) in [5.41, 5.74) is 2.05. The van der Waals surface area contributed by atoms with Gasteiger partial charge in [0.05, 0.1) is 41.3 Å². The number of imide groups is 1. The van der Waals surface area contributed by atoms with E-state index in [0.717, 1.165) is 36.2 Å². The summed E-state index contributed by atoms with van der Waals surface area (Å²) in [7, 11) is 0. The Morgan fingerprint density at radius 2 is 1.53 bits per heavy atom. The molecular formula is C59H52N4O11. The number of amides is 3. The van der Waals surface area contributed by atoms with E-state index in [0.29, 0.717) is 39.1 Å². The third-order valence-electron chi connectivity index (χ3n) is 14.3. The Kier molecular flexibility index (Phi) is 14.2. The van der Waals surface area contributed by atoms with Crippen LogP contribution in [0, 0.1) is 27.9 Å². The largest absolute Gasteiger partial charge is 0.491 e. The molecule has 10 rings (SSSR count). The fourth-order valence-electron chi connectivity index (χ4n) is 11.0. The van der Waals surface area contributed by atoms with Crippen LogP contribution in [0.4, 0.5) is 16.2 Å². The third-order valence-corrected chi connectivity index (χ3v) is 14.3. The van der Waals surface area contributed by atoms with Gasteiger partial charge in [0, 0.05) is 24.2 Å². The van der Waals surface area contributed by atoms with Gasteiger partial charge in [0.2, 0.25) is 11.8 Å². The Morgan fingerprint density at radius 1 is 0.824 bits per heavy atom. The third kappa shape index (κ3) is 9.31. The molecule has 3 amide bonds. The van der Waals surface area contributed by atoms with Gasteiger partial charge in [-0.25, -0.2) is 9.69 Å². The van der Waals surface area contributed by atoms with Gasteiger partial charge >= 0.3 is 12.1 Å². The number of aliphatic hydroxyl groups is 2. The van der Waals surface area contributed by atoms with Crippen molar-refractivity contribution < 1.29 is 48.5 Å². The van der Waals surface area contributed by atoms with E-state index in [1.54, 1.807) is 72.8 Å². The normalized spacial score (nSPS) is 22.3. The Morgan fingerprint density at radius 3 is 2.22 bits per heavy atom. The average Bonchev–Trinajstić information content (AvgIpc) is 3.97. The fraction of sp³-hybridized carbons (Fsp3) is 0.254. The van der Waals surface area contributed by atoms with Crippen molar-refractivity contribution in [3.63, 3.8) is 0 Å². The zero-order chi connectivity index (χ0) is 51.3. The van der Waals surface area contributed by atoms with Crippen LogP contribution in [0.5, 0.6) is 5.75 Å². The van der Waals surface area contributed by atoms with Crippen molar-refractivity contribution in [1.29, 1.82) is 0 Å². The highest BCUT2D eigenvalue weighted by molar-refractivity contribution is 6.23. The number of cyclic esters (lactones) is 1. The number of nitro groups is 1. The number of rotatable bonds is 13. The minimum absolute atomic E-state index is 0.0654. The first-order chi connectivity index (χ1) is 36.1. The van der Waals surface area contributed by atoms with Crippen LogP contribution in [0.25, 0.3) is 0 Å². The molecule has 0 aromatic heterocycles. The molecule has 3 aliphatic heterocycles. The Bertz CT molecular complexity index is 3180. The maximum Gasteiger partial charge on any atom is 0.421 e. The van der Waals surface area contributed by atoms with Gasteiger partial charge in [-0.1, -0.05) is 121 Å². The quantitative estimate of drug-likeness (QED) is 0.0432. The van der Waals surface area contributed by atoms with Gasteiger partial charge in [-0.2, -0.15) is 0 Å². The van der Waals surface area contributed by atoms with Crippen LogP contribution < -0.4 is 15.0 Å². The van der Waals surface area contributed by atoms with Crippen molar-refractivity contribution >= 4 is 35.3 Å². The fourth-order valence-corrected chi connectivity index (χ4v) is 11.0. The van der Waals surface area contributed by atoms with Crippen molar-refractivity contribution in [1.82, 2.24) is 10.2 Å². The van der Waals surface area contributed by atoms with Crippen molar-refractivity contribution in [3.05, 3.63) is 218 Å². The number of carbonyl (C=O) groups is 4. The van der Waals surface area contributed by atoms with Gasteiger partial charge in [-0.05, 0) is 107 Å². The molecule has 0 saturated carbocycles. The molecule has 6 aromatic rings. The predicted molar refractivity (Wildman–Crippen MR) is 272 cm³/mol. The van der Waals surface area contributed by atoms with Crippen molar-refractivity contribution in [2.45, 2.75) is 68.0 Å². The van der Waals surface area contributed by atoms with Crippen LogP contribution in [0.15, 0.2) is 169 Å². The highest BCUT2D eigenvalue weighted by Crippen LogP contribution is 2.66. The minimum Gasteiger partial charge on any atom is -0.491 e. The molecule has 3 heterocycles. The Labute approximate surface area is 427 Å². The lowest BCUT2D eigenvalue weighted by molar-refractivity contribution is -0.384. The molecule has 0 bridgehead atoms. The molecule has 2 saturated heterocycles. The zero-order valence-electron chi connectivity index (χ0n) is 40.1. The maximum atomic E-state index is 16.7. The van der Waals surface area contributed by atoms with Crippen LogP contribution in [0.3, 0.4) is 0 Å². The van der Waals surface area contributed by atoms with Crippen LogP contribution in [-0.4, -0.2) is 69.7 Å². The summed E-state index contributed by atoms with van der Waals surface area (Å²) < 4.78 is 18.5. The van der Waals surface area contributed by atoms with Gasteiger partial charge in [0.25, 0.3) is 5.69 Å². The molecule has 6 aromatic carbocycles. The molecule has 1 spiro atoms. The molecular weight excluding hydrogens is 941 g/mol. The first-order valence-corrected chi connectivity index (χ1v) is 24.6. The van der Waals surface area contributed by atoms with E-state index in [4.69, 9.17) is 14.2 Å². The molecule has 1 aliphatic carbocycles. The second-order valence-corrected chi connectivity index (χ2v) is 18.7. The summed E-state index contributed by atoms with van der Waals surface area (Å²) in [6.45, 7) is -1.06. The number of nitrogens with one attached hydrogen (secondary N) is 1. The smallest absolute Gasteiger partial charge is 0.421 e. The zero-order valence-corrected chi connectivity index (χ0v) is 40.1. The van der Waals surface area contributed by atoms with E-state index in [1.807, 2.05) is 65.6 Å². The number of aliphatic hydroxyl groups excluding tert-OH is 2. The molecule has 0 unspecified atom stereocenters. The second-order valence-electron chi connectivity index (χ2n) is 18.7. The van der Waals surface area contributed by atoms with E-state index in [-0.39, 0.29) is 43.3 Å². The van der Waals surface area contributed by atoms with Gasteiger partial charge in [-0.15, -0.1) is 0 Å². The lowest BCUT2D eigenvalue weighted by atomic mass is 9.65. The number of morpholine rings is 1. The molecule has 374 valence electrons. The van der Waals surface area contributed by atoms with Gasteiger partial charge in [0.15, 0.2) is 0 Å². The van der Waals surface area contributed by atoms with Crippen LogP contribution in [0.2, 0.25) is 0 Å². The molecule has 74 heavy (non-hydrogen) atoms. The number of hydrogen-bond donors (Lipinski definition) is 3. The number of non-ortho nitro benzene ring substituents is 1. The van der Waals surface area contributed by atoms with Crippen molar-refractivity contribution in [3.8, 4) is 17.6 Å². The van der Waals surface area contributed by atoms with Gasteiger partial charge < -0.3 is 29.7 Å². The summed E-state index contributed by atoms with van der Waals surface area (Å²) in [4.78, 5) is 76.7. The Balaban J connectivity index is 1.22. The highest BCUT2D eigenvalue weighted by Gasteiger charge is 2.76. The number of anilines is 1. The average molecular weight is 993 g/mol. The van der Waals surface area contributed by atoms with Crippen LogP contribution in [-0.2, 0) is 35.9 Å². The predicted octanol–water partition coefficient (Wildman–Crippen LogP) is 8.67. The number of hydrogen-bond acceptors (Lipinski definition) is 12. The number of nitrogens with zero attached hydrogens (tertiary/aromatic N) is 3. The second kappa shape index (κ2) is 21.3. The van der Waals surface area contributed by atoms with E-state index in [9.17, 15) is 25.1 Å². The number of benzene rings is 6. The van der Waals surface area contributed by atoms with E-state index in [1.165, 1.54) is 24.3 Å². The summed E-state index contributed by atoms with van der Waals surface area (Å²) in [5, 5.41) is 35.8. The Hall–Kier alpha value is -8.42. The molecule has 15 nitrogen and oxygen atoms in total. The molecule has 3 N–H and O–H groups in total. The van der Waals surface area contributed by atoms with E-state index >= 15 is 14.4 Å². The van der Waals surface area contributed by atoms with Gasteiger partial charge in [0.1, 0.15) is 36.5 Å². The molecule has 4 aliphatic rings. The van der Waals surface area contributed by atoms with Crippen molar-refractivity contribution in [2.75, 3.05) is 24.7 Å². The van der Waals surface area contributed by atoms with Crippen LogP contribution in [0.1, 0.15) is 88.9 Å². The molecule has 2 fully saturated rings. The summed E-state index contributed by atoms with van der Waals surface area (Å²) >= 11 is 0. The molecule has 15 heteroatoms. The first-order valence-electron chi connectivity index (χ1n) is 24.6. The van der Waals surface area contributed by atoms with Crippen molar-refractivity contribution in [2.24, 2.45) is 5.92 Å². The monoisotopic (exact) mass is 992 g/mol. The minimum atomic E-state index is -2.18. The van der Waals surface area contributed by atoms with E-state index in [2.05, 4.69) is 23.2 Å². The first kappa shape index (κ1) is 49.2. The van der Waals surface area contributed by atoms with Crippen LogP contribution >= 0.6 is 0 Å². The standard InChI is InChI=1S/C59H52N4O11/c64-32-33-72-46-23-13-22-44(35-46)54-59(47-34-39(25-24-38-14-5-1-6-15-38)28-31-48(47)61(57(59)68)58(69)73-37-40-26-29-45(30-27-40)63(70)71)50(55(66)60-36-49(65)41-16-7-2-8-17-41)52-56(67)74-53(43-20-11-4-12-21-43)51(62(52)54)42-18-9-3-10-19-42/h2-4,7-14,16-23,26-31,34-35,49-54,64-65H,1,5-6,15,32-33,36-37H2,(H,60,66)/t49-,50-,51-,52-,53+,54+,59-/m0/s1. The number of allylic oxidation sites excluding steroid dienone is 2. The summed E-state index contributed by atoms with van der Waals surface area (Å²) in [5.74, 6) is 2.79. The summed E-state index contributed by atoms with van der Waals surface area (Å²) in [6.07, 6.45) is 2.54. The highest BCUT2D eigenvalue weighted by atomic mass is 16.6. The number of carbonyl (C=O) groups excluding carboxylic acids is 4. The lowest BCUT2D eigenvalue weighted by Gasteiger charge is -2.46. The van der Waals surface area contributed by atoms with Gasteiger partial charge in [-0.3, -0.25) is 29.4 Å². The topological polar surface area (TPSA) is 198 Å². The molecule has 0 radical (unpaired) electrons. The van der Waals surface area contributed by atoms with E-state index < -0.39 is 70.5 Å². The summed E-state index contributed by atoms with van der Waals surface area (Å²) in [6, 6.07) is 41.0. The SMILES string of the molecule is O=C1O[C@H](c2ccccc2)[C@H](c2ccccc2)N2[C@H]1[C@@H](C(=O)NC[C@H](O)c1ccccc1)[C@]1(C(=O)N(C(=O)OCc3ccc([N+](=O)[O-])cc3)c3ccc(C#CC4=CCCCC4)cc31)[C@H]2c1cccc(OCCO)c1. The maximum absolute atomic E-state index is 16.7. The number of nitro benzene ring substituents is 1. The number of fused-ring (bicyclic) bond motifs is 3. The number of ether oxygens (including phenoxy) is 3. The lowest BCUT2D eigenvalue weighted by Crippen LogP contribution is -2.56. The molecule has 7 atom stereocenters. The number of esters is 1.